The Hall–Kier alpha value is -2.42. The van der Waals surface area contributed by atoms with Crippen molar-refractivity contribution in [2.24, 2.45) is 0 Å². The van der Waals surface area contributed by atoms with Crippen LogP contribution >= 0.6 is 22.9 Å². The van der Waals surface area contributed by atoms with Crippen LogP contribution in [0.15, 0.2) is 24.3 Å². The van der Waals surface area contributed by atoms with Gasteiger partial charge in [-0.3, -0.25) is 9.59 Å². The predicted molar refractivity (Wildman–Crippen MR) is 131 cm³/mol. The van der Waals surface area contributed by atoms with Gasteiger partial charge in [-0.1, -0.05) is 30.9 Å². The number of hydrogen-bond acceptors (Lipinski definition) is 5. The zero-order valence-electron chi connectivity index (χ0n) is 18.6. The maximum atomic E-state index is 13.1. The van der Waals surface area contributed by atoms with E-state index >= 15 is 0 Å². The molecule has 2 atom stereocenters. The Balaban J connectivity index is 1.29. The van der Waals surface area contributed by atoms with Crippen LogP contribution in [0, 0.1) is 0 Å². The molecule has 1 saturated carbocycles. The first-order valence-electron chi connectivity index (χ1n) is 11.5. The van der Waals surface area contributed by atoms with Crippen LogP contribution in [0.3, 0.4) is 0 Å². The summed E-state index contributed by atoms with van der Waals surface area (Å²) in [6.45, 7) is 1.81. The van der Waals surface area contributed by atoms with Gasteiger partial charge in [-0.15, -0.1) is 11.3 Å². The van der Waals surface area contributed by atoms with Gasteiger partial charge in [-0.2, -0.15) is 0 Å². The lowest BCUT2D eigenvalue weighted by atomic mass is 10.0. The van der Waals surface area contributed by atoms with E-state index in [0.29, 0.717) is 15.7 Å². The molecule has 1 aliphatic carbocycles. The number of fused-ring (bicyclic) bond motifs is 2. The Bertz CT molecular complexity index is 1190. The molecule has 0 spiro atoms. The number of aromatic nitrogens is 2. The first-order valence-corrected chi connectivity index (χ1v) is 12.7. The van der Waals surface area contributed by atoms with E-state index in [1.165, 1.54) is 16.2 Å². The van der Waals surface area contributed by atoms with E-state index in [0.717, 1.165) is 68.2 Å². The summed E-state index contributed by atoms with van der Waals surface area (Å²) in [4.78, 5) is 37.3. The third-order valence-corrected chi connectivity index (χ3v) is 7.91. The fraction of sp³-hybridized carbons (Fsp3) is 0.458. The van der Waals surface area contributed by atoms with Crippen molar-refractivity contribution in [3.63, 3.8) is 0 Å². The number of amides is 2. The molecule has 3 aromatic rings. The summed E-state index contributed by atoms with van der Waals surface area (Å²) in [6, 6.07) is 7.08. The third kappa shape index (κ3) is 4.93. The predicted octanol–water partition coefficient (Wildman–Crippen LogP) is 4.13. The zero-order valence-corrected chi connectivity index (χ0v) is 20.2. The molecule has 2 aliphatic rings. The van der Waals surface area contributed by atoms with Gasteiger partial charge >= 0.3 is 0 Å². The standard InChI is InChI=1S/C24H28ClN5O2S/c1-30-10-9-19-21(13-30)33-24(29-19)23(32)28-18-6-4-2-3-5-17(18)27-22(31)20-12-14-11-15(25)7-8-16(14)26-20/h7-8,11-12,17-18,26H,2-6,9-10,13H2,1H3,(H,27,31)(H,28,32)/t17-,18+/m1/s1. The molecule has 3 heterocycles. The van der Waals surface area contributed by atoms with Gasteiger partial charge in [0.2, 0.25) is 0 Å². The molecule has 7 nitrogen and oxygen atoms in total. The van der Waals surface area contributed by atoms with E-state index in [-0.39, 0.29) is 23.9 Å². The molecule has 9 heteroatoms. The van der Waals surface area contributed by atoms with E-state index in [1.807, 2.05) is 18.2 Å². The van der Waals surface area contributed by atoms with Crippen LogP contribution in [0.2, 0.25) is 5.02 Å². The van der Waals surface area contributed by atoms with Gasteiger partial charge in [0, 0.05) is 52.4 Å². The van der Waals surface area contributed by atoms with Crippen LogP contribution in [-0.2, 0) is 13.0 Å². The van der Waals surface area contributed by atoms with E-state index in [4.69, 9.17) is 11.6 Å². The Morgan fingerprint density at radius 1 is 1.12 bits per heavy atom. The number of likely N-dealkylation sites (N-methyl/N-ethyl adjacent to an activating group) is 1. The normalized spacial score (nSPS) is 21.4. The van der Waals surface area contributed by atoms with Gasteiger partial charge in [0.15, 0.2) is 5.01 Å². The number of H-pyrrole nitrogens is 1. The molecule has 1 aromatic carbocycles. The van der Waals surface area contributed by atoms with Crippen molar-refractivity contribution in [3.05, 3.63) is 50.6 Å². The topological polar surface area (TPSA) is 90.1 Å². The van der Waals surface area contributed by atoms with Crippen molar-refractivity contribution in [2.75, 3.05) is 13.6 Å². The molecule has 33 heavy (non-hydrogen) atoms. The van der Waals surface area contributed by atoms with Crippen molar-refractivity contribution in [1.29, 1.82) is 0 Å². The highest BCUT2D eigenvalue weighted by Crippen LogP contribution is 2.26. The van der Waals surface area contributed by atoms with E-state index in [1.54, 1.807) is 6.07 Å². The summed E-state index contributed by atoms with van der Waals surface area (Å²) >= 11 is 7.57. The quantitative estimate of drug-likeness (QED) is 0.485. The molecule has 1 aliphatic heterocycles. The van der Waals surface area contributed by atoms with Crippen molar-refractivity contribution >= 4 is 45.7 Å². The van der Waals surface area contributed by atoms with Crippen LogP contribution in [-0.4, -0.2) is 52.4 Å². The summed E-state index contributed by atoms with van der Waals surface area (Å²) in [6.07, 6.45) is 5.71. The summed E-state index contributed by atoms with van der Waals surface area (Å²) in [5.41, 5.74) is 2.42. The number of aromatic amines is 1. The molecule has 0 bridgehead atoms. The first-order chi connectivity index (χ1) is 16.0. The van der Waals surface area contributed by atoms with E-state index in [2.05, 4.69) is 32.5 Å². The second-order valence-electron chi connectivity index (χ2n) is 9.09. The number of halogens is 1. The SMILES string of the molecule is CN1CCc2nc(C(=O)N[C@H]3CCCCC[C@H]3NC(=O)c3cc4cc(Cl)ccc4[nH]3)sc2C1. The summed E-state index contributed by atoms with van der Waals surface area (Å²) in [5, 5.41) is 8.42. The van der Waals surface area contributed by atoms with Gasteiger partial charge in [-0.05, 0) is 44.2 Å². The van der Waals surface area contributed by atoms with E-state index < -0.39 is 0 Å². The van der Waals surface area contributed by atoms with Gasteiger partial charge in [0.1, 0.15) is 5.69 Å². The van der Waals surface area contributed by atoms with Crippen LogP contribution in [0.1, 0.15) is 63.0 Å². The number of benzene rings is 1. The monoisotopic (exact) mass is 485 g/mol. The second-order valence-corrected chi connectivity index (χ2v) is 10.6. The molecular weight excluding hydrogens is 458 g/mol. The van der Waals surface area contributed by atoms with Crippen LogP contribution < -0.4 is 10.6 Å². The van der Waals surface area contributed by atoms with Crippen LogP contribution in [0.5, 0.6) is 0 Å². The molecule has 2 amide bonds. The van der Waals surface area contributed by atoms with Crippen LogP contribution in [0.4, 0.5) is 0 Å². The van der Waals surface area contributed by atoms with Gasteiger partial charge in [0.05, 0.1) is 5.69 Å². The second kappa shape index (κ2) is 9.44. The number of nitrogens with zero attached hydrogens (tertiary/aromatic N) is 2. The zero-order chi connectivity index (χ0) is 22.9. The lowest BCUT2D eigenvalue weighted by Gasteiger charge is -2.26. The summed E-state index contributed by atoms with van der Waals surface area (Å²) in [5.74, 6) is -0.301. The van der Waals surface area contributed by atoms with Crippen molar-refractivity contribution in [1.82, 2.24) is 25.5 Å². The minimum atomic E-state index is -0.166. The Kier molecular flexibility index (Phi) is 6.40. The number of hydrogen-bond donors (Lipinski definition) is 3. The number of rotatable bonds is 4. The average Bonchev–Trinajstić information content (AvgIpc) is 3.34. The molecule has 1 fully saturated rings. The minimum Gasteiger partial charge on any atom is -0.351 e. The Morgan fingerprint density at radius 2 is 1.88 bits per heavy atom. The Morgan fingerprint density at radius 3 is 2.67 bits per heavy atom. The maximum absolute atomic E-state index is 13.1. The molecule has 3 N–H and O–H groups in total. The highest BCUT2D eigenvalue weighted by atomic mass is 35.5. The highest BCUT2D eigenvalue weighted by Gasteiger charge is 2.29. The average molecular weight is 486 g/mol. The van der Waals surface area contributed by atoms with Crippen molar-refractivity contribution < 1.29 is 9.59 Å². The first kappa shape index (κ1) is 22.4. The Labute approximate surface area is 201 Å². The number of thiazole rings is 1. The number of carbonyl (C=O) groups excluding carboxylic acids is 2. The molecule has 174 valence electrons. The minimum absolute atomic E-state index is 0.119. The smallest absolute Gasteiger partial charge is 0.280 e. The van der Waals surface area contributed by atoms with Crippen molar-refractivity contribution in [3.8, 4) is 0 Å². The largest absolute Gasteiger partial charge is 0.351 e. The summed E-state index contributed by atoms with van der Waals surface area (Å²) in [7, 11) is 2.09. The van der Waals surface area contributed by atoms with Crippen molar-refractivity contribution in [2.45, 2.75) is 57.2 Å². The van der Waals surface area contributed by atoms with Gasteiger partial charge < -0.3 is 20.5 Å². The molecule has 0 unspecified atom stereocenters. The summed E-state index contributed by atoms with van der Waals surface area (Å²) < 4.78 is 0. The fourth-order valence-corrected chi connectivity index (χ4v) is 6.05. The van der Waals surface area contributed by atoms with Gasteiger partial charge in [0.25, 0.3) is 11.8 Å². The van der Waals surface area contributed by atoms with Gasteiger partial charge in [-0.25, -0.2) is 4.98 Å². The third-order valence-electron chi connectivity index (χ3n) is 6.59. The fourth-order valence-electron chi connectivity index (χ4n) is 4.78. The molecule has 0 radical (unpaired) electrons. The lowest BCUT2D eigenvalue weighted by Crippen LogP contribution is -2.51. The van der Waals surface area contributed by atoms with Crippen LogP contribution in [0.25, 0.3) is 10.9 Å². The number of nitrogens with one attached hydrogen (secondary N) is 3. The highest BCUT2D eigenvalue weighted by molar-refractivity contribution is 7.13. The molecular formula is C24H28ClN5O2S. The molecule has 0 saturated heterocycles. The molecule has 5 rings (SSSR count). The maximum Gasteiger partial charge on any atom is 0.280 e. The number of carbonyl (C=O) groups is 2. The lowest BCUT2D eigenvalue weighted by molar-refractivity contribution is 0.0876. The van der Waals surface area contributed by atoms with E-state index in [9.17, 15) is 9.59 Å². The molecule has 2 aromatic heterocycles.